The second-order valence-electron chi connectivity index (χ2n) is 6.02. The number of hydrogen-bond donors (Lipinski definition) is 2. The Morgan fingerprint density at radius 3 is 2.83 bits per heavy atom. The van der Waals surface area contributed by atoms with Gasteiger partial charge in [0.1, 0.15) is 5.75 Å². The first-order valence-corrected chi connectivity index (χ1v) is 9.01. The van der Waals surface area contributed by atoms with Crippen molar-refractivity contribution in [2.24, 2.45) is 4.99 Å². The van der Waals surface area contributed by atoms with Crippen LogP contribution >= 0.6 is 39.9 Å². The zero-order valence-electron chi connectivity index (χ0n) is 14.0. The second kappa shape index (κ2) is 9.24. The number of guanidine groups is 1. The molecule has 1 aromatic carbocycles. The van der Waals surface area contributed by atoms with Crippen LogP contribution in [0.15, 0.2) is 27.7 Å². The van der Waals surface area contributed by atoms with Gasteiger partial charge in [-0.15, -0.1) is 24.0 Å². The normalized spacial score (nSPS) is 25.3. The predicted molar refractivity (Wildman–Crippen MR) is 110 cm³/mol. The molecule has 2 N–H and O–H groups in total. The van der Waals surface area contributed by atoms with E-state index in [0.29, 0.717) is 24.8 Å². The van der Waals surface area contributed by atoms with E-state index in [0.717, 1.165) is 41.1 Å². The molecule has 2 bridgehead atoms. The number of methoxy groups -OCH3 is 1. The van der Waals surface area contributed by atoms with Gasteiger partial charge in [-0.2, -0.15) is 0 Å². The number of rotatable bonds is 5. The summed E-state index contributed by atoms with van der Waals surface area (Å²) < 4.78 is 12.1. The molecular weight excluding hydrogens is 485 g/mol. The van der Waals surface area contributed by atoms with Gasteiger partial charge in [-0.1, -0.05) is 6.07 Å². The van der Waals surface area contributed by atoms with E-state index in [1.165, 1.54) is 6.42 Å². The molecule has 2 saturated heterocycles. The number of fused-ring (bicyclic) bond motifs is 2. The summed E-state index contributed by atoms with van der Waals surface area (Å²) in [6, 6.07) is 6.43. The number of nitrogens with zero attached hydrogens (tertiary/aromatic N) is 1. The van der Waals surface area contributed by atoms with Crippen LogP contribution in [0.1, 0.15) is 31.7 Å². The standard InChI is InChI=1S/C17H24BrN3O2.HI/c1-3-19-17(21-14-9-12-5-7-16(14)23-12)20-10-11-4-6-15(22-2)13(18)8-11;/h4,6,8,12,14,16H,3,5,7,9-10H2,1-2H3,(H2,19,20,21);1H. The third kappa shape index (κ3) is 4.76. The summed E-state index contributed by atoms with van der Waals surface area (Å²) in [6.07, 6.45) is 4.24. The Labute approximate surface area is 169 Å². The molecule has 0 amide bonds. The zero-order chi connectivity index (χ0) is 16.2. The molecule has 0 aromatic heterocycles. The maximum absolute atomic E-state index is 5.90. The molecule has 2 aliphatic rings. The number of halogens is 2. The molecule has 2 fully saturated rings. The van der Waals surface area contributed by atoms with Crippen LogP contribution < -0.4 is 15.4 Å². The van der Waals surface area contributed by atoms with Gasteiger partial charge in [0.15, 0.2) is 5.96 Å². The van der Waals surface area contributed by atoms with Crippen molar-refractivity contribution in [3.8, 4) is 5.75 Å². The fourth-order valence-corrected chi connectivity index (χ4v) is 3.85. The van der Waals surface area contributed by atoms with Crippen LogP contribution in [0.25, 0.3) is 0 Å². The quantitative estimate of drug-likeness (QED) is 0.362. The van der Waals surface area contributed by atoms with E-state index in [9.17, 15) is 0 Å². The Morgan fingerprint density at radius 2 is 2.25 bits per heavy atom. The van der Waals surface area contributed by atoms with Crippen LogP contribution in [0.3, 0.4) is 0 Å². The van der Waals surface area contributed by atoms with Crippen LogP contribution in [0, 0.1) is 0 Å². The Balaban J connectivity index is 0.00000208. The summed E-state index contributed by atoms with van der Waals surface area (Å²) >= 11 is 3.52. The van der Waals surface area contributed by atoms with E-state index in [-0.39, 0.29) is 24.0 Å². The number of hydrogen-bond acceptors (Lipinski definition) is 3. The van der Waals surface area contributed by atoms with Gasteiger partial charge in [-0.3, -0.25) is 0 Å². The van der Waals surface area contributed by atoms with Gasteiger partial charge in [0.25, 0.3) is 0 Å². The molecule has 0 spiro atoms. The van der Waals surface area contributed by atoms with Gasteiger partial charge < -0.3 is 20.1 Å². The summed E-state index contributed by atoms with van der Waals surface area (Å²) in [6.45, 7) is 3.55. The molecule has 134 valence electrons. The van der Waals surface area contributed by atoms with E-state index in [1.807, 2.05) is 18.2 Å². The molecule has 0 radical (unpaired) electrons. The molecule has 7 heteroatoms. The Bertz CT molecular complexity index is 585. The summed E-state index contributed by atoms with van der Waals surface area (Å²) in [4.78, 5) is 4.70. The molecular formula is C17H25BrIN3O2. The minimum atomic E-state index is 0. The van der Waals surface area contributed by atoms with Crippen LogP contribution in [0.5, 0.6) is 5.75 Å². The molecule has 2 heterocycles. The average molecular weight is 510 g/mol. The molecule has 5 nitrogen and oxygen atoms in total. The average Bonchev–Trinajstić information content (AvgIpc) is 3.16. The van der Waals surface area contributed by atoms with Crippen LogP contribution in [0.2, 0.25) is 0 Å². The lowest BCUT2D eigenvalue weighted by Crippen LogP contribution is -2.47. The maximum atomic E-state index is 5.90. The minimum absolute atomic E-state index is 0. The molecule has 24 heavy (non-hydrogen) atoms. The van der Waals surface area contributed by atoms with E-state index in [1.54, 1.807) is 7.11 Å². The summed E-state index contributed by atoms with van der Waals surface area (Å²) in [5.74, 6) is 1.70. The Kier molecular flexibility index (Phi) is 7.61. The van der Waals surface area contributed by atoms with Crippen molar-refractivity contribution in [2.75, 3.05) is 13.7 Å². The van der Waals surface area contributed by atoms with Gasteiger partial charge in [-0.05, 0) is 59.8 Å². The van der Waals surface area contributed by atoms with Crippen molar-refractivity contribution in [3.05, 3.63) is 28.2 Å². The van der Waals surface area contributed by atoms with Gasteiger partial charge in [0, 0.05) is 6.54 Å². The molecule has 3 rings (SSSR count). The lowest BCUT2D eigenvalue weighted by molar-refractivity contribution is 0.0992. The number of nitrogens with one attached hydrogen (secondary N) is 2. The number of benzene rings is 1. The lowest BCUT2D eigenvalue weighted by atomic mass is 9.96. The topological polar surface area (TPSA) is 54.9 Å². The highest BCUT2D eigenvalue weighted by Gasteiger charge is 2.41. The zero-order valence-corrected chi connectivity index (χ0v) is 18.0. The van der Waals surface area contributed by atoms with Crippen molar-refractivity contribution in [3.63, 3.8) is 0 Å². The third-order valence-electron chi connectivity index (χ3n) is 4.41. The highest BCUT2D eigenvalue weighted by Crippen LogP contribution is 2.34. The fourth-order valence-electron chi connectivity index (χ4n) is 3.26. The first-order chi connectivity index (χ1) is 11.2. The molecule has 0 aliphatic carbocycles. The van der Waals surface area contributed by atoms with Crippen LogP contribution in [0.4, 0.5) is 0 Å². The highest BCUT2D eigenvalue weighted by atomic mass is 127. The van der Waals surface area contributed by atoms with Crippen molar-refractivity contribution < 1.29 is 9.47 Å². The SMILES string of the molecule is CCNC(=NCc1ccc(OC)c(Br)c1)NC1CC2CCC1O2.I. The summed E-state index contributed by atoms with van der Waals surface area (Å²) in [5, 5.41) is 6.86. The van der Waals surface area contributed by atoms with E-state index in [2.05, 4.69) is 33.5 Å². The van der Waals surface area contributed by atoms with E-state index in [4.69, 9.17) is 14.5 Å². The third-order valence-corrected chi connectivity index (χ3v) is 5.03. The second-order valence-corrected chi connectivity index (χ2v) is 6.88. The first-order valence-electron chi connectivity index (χ1n) is 8.22. The van der Waals surface area contributed by atoms with Crippen molar-refractivity contribution in [2.45, 2.75) is 51.0 Å². The monoisotopic (exact) mass is 509 g/mol. The van der Waals surface area contributed by atoms with Gasteiger partial charge in [0.05, 0.1) is 36.4 Å². The van der Waals surface area contributed by atoms with Crippen molar-refractivity contribution in [1.29, 1.82) is 0 Å². The molecule has 1 aromatic rings. The molecule has 3 unspecified atom stereocenters. The number of ether oxygens (including phenoxy) is 2. The van der Waals surface area contributed by atoms with Gasteiger partial charge in [-0.25, -0.2) is 4.99 Å². The first kappa shape index (κ1) is 19.8. The Morgan fingerprint density at radius 1 is 1.42 bits per heavy atom. The maximum Gasteiger partial charge on any atom is 0.191 e. The fraction of sp³-hybridized carbons (Fsp3) is 0.588. The number of aliphatic imine (C=N–C) groups is 1. The highest BCUT2D eigenvalue weighted by molar-refractivity contribution is 14.0. The van der Waals surface area contributed by atoms with Gasteiger partial charge in [0.2, 0.25) is 0 Å². The van der Waals surface area contributed by atoms with Crippen LogP contribution in [-0.4, -0.2) is 37.9 Å². The van der Waals surface area contributed by atoms with E-state index < -0.39 is 0 Å². The largest absolute Gasteiger partial charge is 0.496 e. The smallest absolute Gasteiger partial charge is 0.191 e. The molecule has 2 aliphatic heterocycles. The minimum Gasteiger partial charge on any atom is -0.496 e. The lowest BCUT2D eigenvalue weighted by Gasteiger charge is -2.22. The van der Waals surface area contributed by atoms with Crippen LogP contribution in [-0.2, 0) is 11.3 Å². The van der Waals surface area contributed by atoms with E-state index >= 15 is 0 Å². The van der Waals surface area contributed by atoms with Crippen molar-refractivity contribution in [1.82, 2.24) is 10.6 Å². The van der Waals surface area contributed by atoms with Crippen molar-refractivity contribution >= 4 is 45.9 Å². The predicted octanol–water partition coefficient (Wildman–Crippen LogP) is 3.45. The summed E-state index contributed by atoms with van der Waals surface area (Å²) in [5.41, 5.74) is 1.14. The molecule has 3 atom stereocenters. The molecule has 0 saturated carbocycles. The summed E-state index contributed by atoms with van der Waals surface area (Å²) in [7, 11) is 1.67. The Hall–Kier alpha value is -0.540. The van der Waals surface area contributed by atoms with Gasteiger partial charge >= 0.3 is 0 Å².